The summed E-state index contributed by atoms with van der Waals surface area (Å²) >= 11 is 0. The summed E-state index contributed by atoms with van der Waals surface area (Å²) in [5.74, 6) is 0. The minimum absolute atomic E-state index is 1.07. The van der Waals surface area contributed by atoms with Crippen molar-refractivity contribution in [2.75, 3.05) is 0 Å². The Balaban J connectivity index is 3.35. The Hall–Kier alpha value is -0.850. The van der Waals surface area contributed by atoms with E-state index in [1.807, 2.05) is 19.1 Å². The molecule has 0 atom stereocenters. The van der Waals surface area contributed by atoms with E-state index >= 15 is 0 Å². The Labute approximate surface area is 56.8 Å². The standard InChI is InChI=1S/C8H13N/c1-3-5-6-8-9-7-4-2/h4-8H,3H2,1-2H3/b6-5+,7-4-,9-8-. The first-order chi connectivity index (χ1) is 4.41. The van der Waals surface area contributed by atoms with Crippen LogP contribution in [0.2, 0.25) is 0 Å². The second kappa shape index (κ2) is 7.15. The fourth-order valence-corrected chi connectivity index (χ4v) is 0.382. The average molecular weight is 123 g/mol. The molecule has 1 nitrogen and oxygen atoms in total. The van der Waals surface area contributed by atoms with Gasteiger partial charge in [-0.15, -0.1) is 0 Å². The van der Waals surface area contributed by atoms with Gasteiger partial charge in [0, 0.05) is 12.4 Å². The normalized spacial score (nSPS) is 12.7. The third-order valence-electron chi connectivity index (χ3n) is 0.779. The van der Waals surface area contributed by atoms with Gasteiger partial charge in [0.2, 0.25) is 0 Å². The molecule has 50 valence electrons. The molecule has 0 aromatic heterocycles. The maximum absolute atomic E-state index is 3.94. The lowest BCUT2D eigenvalue weighted by molar-refractivity contribution is 1.23. The molecular weight excluding hydrogens is 110 g/mol. The van der Waals surface area contributed by atoms with Gasteiger partial charge in [-0.1, -0.05) is 19.1 Å². The Morgan fingerprint density at radius 2 is 2.22 bits per heavy atom. The second-order valence-corrected chi connectivity index (χ2v) is 1.62. The lowest BCUT2D eigenvalue weighted by atomic mass is 10.4. The predicted molar refractivity (Wildman–Crippen MR) is 42.7 cm³/mol. The van der Waals surface area contributed by atoms with Crippen LogP contribution in [0.15, 0.2) is 29.4 Å². The van der Waals surface area contributed by atoms with E-state index in [9.17, 15) is 0 Å². The molecule has 0 radical (unpaired) electrons. The van der Waals surface area contributed by atoms with Gasteiger partial charge >= 0.3 is 0 Å². The van der Waals surface area contributed by atoms with Crippen molar-refractivity contribution in [3.05, 3.63) is 24.4 Å². The van der Waals surface area contributed by atoms with Gasteiger partial charge in [0.05, 0.1) is 0 Å². The van der Waals surface area contributed by atoms with Crippen LogP contribution >= 0.6 is 0 Å². The molecule has 0 heterocycles. The Morgan fingerprint density at radius 1 is 1.44 bits per heavy atom. The minimum Gasteiger partial charge on any atom is -0.265 e. The van der Waals surface area contributed by atoms with Crippen LogP contribution in [-0.2, 0) is 0 Å². The van der Waals surface area contributed by atoms with E-state index in [2.05, 4.69) is 18.0 Å². The first-order valence-electron chi connectivity index (χ1n) is 3.21. The van der Waals surface area contributed by atoms with Gasteiger partial charge in [-0.25, -0.2) is 0 Å². The lowest BCUT2D eigenvalue weighted by Crippen LogP contribution is -1.60. The molecular formula is C8H13N. The third-order valence-corrected chi connectivity index (χ3v) is 0.779. The van der Waals surface area contributed by atoms with E-state index < -0.39 is 0 Å². The fourth-order valence-electron chi connectivity index (χ4n) is 0.382. The van der Waals surface area contributed by atoms with E-state index in [4.69, 9.17) is 0 Å². The lowest BCUT2D eigenvalue weighted by Gasteiger charge is -1.72. The topological polar surface area (TPSA) is 12.4 Å². The van der Waals surface area contributed by atoms with Crippen molar-refractivity contribution in [3.8, 4) is 0 Å². The van der Waals surface area contributed by atoms with E-state index in [-0.39, 0.29) is 0 Å². The van der Waals surface area contributed by atoms with Gasteiger partial charge < -0.3 is 0 Å². The van der Waals surface area contributed by atoms with E-state index in [1.165, 1.54) is 0 Å². The molecule has 0 aromatic rings. The molecule has 0 saturated carbocycles. The first-order valence-corrected chi connectivity index (χ1v) is 3.21. The summed E-state index contributed by atoms with van der Waals surface area (Å²) in [6.07, 6.45) is 10.5. The molecule has 0 saturated heterocycles. The van der Waals surface area contributed by atoms with Crippen molar-refractivity contribution in [1.29, 1.82) is 0 Å². The van der Waals surface area contributed by atoms with Crippen LogP contribution in [0.4, 0.5) is 0 Å². The van der Waals surface area contributed by atoms with Crippen LogP contribution in [-0.4, -0.2) is 6.21 Å². The Kier molecular flexibility index (Phi) is 6.47. The smallest absolute Gasteiger partial charge is 0.0264 e. The summed E-state index contributed by atoms with van der Waals surface area (Å²) in [5, 5.41) is 0. The summed E-state index contributed by atoms with van der Waals surface area (Å²) in [5.41, 5.74) is 0. The van der Waals surface area contributed by atoms with Gasteiger partial charge in [0.15, 0.2) is 0 Å². The SMILES string of the molecule is C\C=C/N=C\C=C\CC. The molecule has 0 rings (SSSR count). The largest absolute Gasteiger partial charge is 0.265 e. The van der Waals surface area contributed by atoms with Crippen molar-refractivity contribution < 1.29 is 0 Å². The monoisotopic (exact) mass is 123 g/mol. The third kappa shape index (κ3) is 7.15. The molecule has 0 aliphatic carbocycles. The van der Waals surface area contributed by atoms with E-state index in [0.717, 1.165) is 6.42 Å². The molecule has 0 fully saturated rings. The van der Waals surface area contributed by atoms with Crippen molar-refractivity contribution in [2.45, 2.75) is 20.3 Å². The summed E-state index contributed by atoms with van der Waals surface area (Å²) < 4.78 is 0. The number of aliphatic imine (C=N–C) groups is 1. The molecule has 0 spiro atoms. The van der Waals surface area contributed by atoms with Crippen LogP contribution < -0.4 is 0 Å². The van der Waals surface area contributed by atoms with Gasteiger partial charge in [0.25, 0.3) is 0 Å². The molecule has 0 bridgehead atoms. The number of rotatable bonds is 3. The van der Waals surface area contributed by atoms with E-state index in [0.29, 0.717) is 0 Å². The quantitative estimate of drug-likeness (QED) is 0.511. The molecule has 9 heavy (non-hydrogen) atoms. The van der Waals surface area contributed by atoms with Gasteiger partial charge in [0.1, 0.15) is 0 Å². The van der Waals surface area contributed by atoms with Crippen LogP contribution in [0.3, 0.4) is 0 Å². The van der Waals surface area contributed by atoms with Crippen molar-refractivity contribution in [2.24, 2.45) is 4.99 Å². The van der Waals surface area contributed by atoms with E-state index in [1.54, 1.807) is 12.4 Å². The zero-order valence-electron chi connectivity index (χ0n) is 6.04. The fraction of sp³-hybridized carbons (Fsp3) is 0.375. The van der Waals surface area contributed by atoms with Gasteiger partial charge in [-0.2, -0.15) is 0 Å². The van der Waals surface area contributed by atoms with Crippen LogP contribution in [0.5, 0.6) is 0 Å². The molecule has 0 aliphatic rings. The van der Waals surface area contributed by atoms with Crippen LogP contribution in [0.25, 0.3) is 0 Å². The zero-order chi connectivity index (χ0) is 6.95. The highest BCUT2D eigenvalue weighted by atomic mass is 14.6. The summed E-state index contributed by atoms with van der Waals surface area (Å²) in [7, 11) is 0. The summed E-state index contributed by atoms with van der Waals surface area (Å²) in [6.45, 7) is 4.04. The van der Waals surface area contributed by atoms with Crippen molar-refractivity contribution in [3.63, 3.8) is 0 Å². The van der Waals surface area contributed by atoms with Gasteiger partial charge in [-0.05, 0) is 19.4 Å². The molecule has 0 unspecified atom stereocenters. The Morgan fingerprint density at radius 3 is 2.78 bits per heavy atom. The highest BCUT2D eigenvalue weighted by Crippen LogP contribution is 1.77. The predicted octanol–water partition coefficient (Wildman–Crippen LogP) is 2.56. The molecule has 0 N–H and O–H groups in total. The zero-order valence-corrected chi connectivity index (χ0v) is 6.04. The second-order valence-electron chi connectivity index (χ2n) is 1.62. The average Bonchev–Trinajstić information content (AvgIpc) is 1.89. The summed E-state index contributed by atoms with van der Waals surface area (Å²) in [6, 6.07) is 0. The van der Waals surface area contributed by atoms with Crippen molar-refractivity contribution in [1.82, 2.24) is 0 Å². The summed E-state index contributed by atoms with van der Waals surface area (Å²) in [4.78, 5) is 3.94. The van der Waals surface area contributed by atoms with Crippen molar-refractivity contribution >= 4 is 6.21 Å². The Bertz CT molecular complexity index is 121. The minimum atomic E-state index is 1.07. The number of nitrogens with zero attached hydrogens (tertiary/aromatic N) is 1. The highest BCUT2D eigenvalue weighted by molar-refractivity contribution is 5.71. The highest BCUT2D eigenvalue weighted by Gasteiger charge is 1.60. The molecule has 0 aliphatic heterocycles. The number of allylic oxidation sites excluding steroid dienone is 3. The number of hydrogen-bond acceptors (Lipinski definition) is 1. The molecule has 0 amide bonds. The molecule has 0 aromatic carbocycles. The van der Waals surface area contributed by atoms with Crippen LogP contribution in [0, 0.1) is 0 Å². The maximum Gasteiger partial charge on any atom is 0.0264 e. The van der Waals surface area contributed by atoms with Crippen LogP contribution in [0.1, 0.15) is 20.3 Å². The molecule has 1 heteroatoms. The van der Waals surface area contributed by atoms with Gasteiger partial charge in [-0.3, -0.25) is 4.99 Å². The maximum atomic E-state index is 3.94. The number of hydrogen-bond donors (Lipinski definition) is 0. The first kappa shape index (κ1) is 8.15.